The van der Waals surface area contributed by atoms with E-state index in [1.807, 2.05) is 0 Å². The summed E-state index contributed by atoms with van der Waals surface area (Å²) in [6, 6.07) is 5.15. The van der Waals surface area contributed by atoms with Crippen LogP contribution in [0.25, 0.3) is 0 Å². The third kappa shape index (κ3) is 3.10. The van der Waals surface area contributed by atoms with Crippen LogP contribution in [-0.2, 0) is 0 Å². The maximum atomic E-state index is 9.20. The van der Waals surface area contributed by atoms with E-state index in [9.17, 15) is 5.11 Å². The van der Waals surface area contributed by atoms with Crippen LogP contribution < -0.4 is 5.73 Å². The minimum absolute atomic E-state index is 0.226. The lowest BCUT2D eigenvalue weighted by atomic mass is 10.2. The van der Waals surface area contributed by atoms with Gasteiger partial charge in [-0.15, -0.1) is 0 Å². The molecule has 13 heavy (non-hydrogen) atoms. The molecule has 0 saturated carbocycles. The maximum Gasteiger partial charge on any atom is 0.129 e. The van der Waals surface area contributed by atoms with Gasteiger partial charge in [0.2, 0.25) is 0 Å². The number of aromatic hydroxyl groups is 1. The van der Waals surface area contributed by atoms with Gasteiger partial charge in [0.05, 0.1) is 4.47 Å². The van der Waals surface area contributed by atoms with Crippen LogP contribution in [0.3, 0.4) is 0 Å². The number of halogens is 1. The molecule has 1 rings (SSSR count). The summed E-state index contributed by atoms with van der Waals surface area (Å²) < 4.78 is 0.659. The van der Waals surface area contributed by atoms with Crippen LogP contribution in [0.1, 0.15) is 12.0 Å². The first-order valence-electron chi connectivity index (χ1n) is 3.91. The van der Waals surface area contributed by atoms with Crippen molar-refractivity contribution in [1.82, 2.24) is 0 Å². The minimum Gasteiger partial charge on any atom is -0.507 e. The Morgan fingerprint density at radius 2 is 2.23 bits per heavy atom. The monoisotopic (exact) mass is 239 g/mol. The molecule has 0 spiro atoms. The highest BCUT2D eigenvalue weighted by atomic mass is 79.9. The first-order chi connectivity index (χ1) is 6.24. The van der Waals surface area contributed by atoms with Gasteiger partial charge in [0.1, 0.15) is 5.75 Å². The Bertz CT molecular complexity index is 352. The normalized spacial score (nSPS) is 9.08. The van der Waals surface area contributed by atoms with E-state index in [1.54, 1.807) is 18.2 Å². The second-order valence-electron chi connectivity index (χ2n) is 2.51. The Morgan fingerprint density at radius 1 is 1.46 bits per heavy atom. The summed E-state index contributed by atoms with van der Waals surface area (Å²) >= 11 is 3.21. The molecule has 0 unspecified atom stereocenters. The van der Waals surface area contributed by atoms with Gasteiger partial charge in [0.25, 0.3) is 0 Å². The van der Waals surface area contributed by atoms with Crippen molar-refractivity contribution >= 4 is 15.9 Å². The van der Waals surface area contributed by atoms with Crippen molar-refractivity contribution in [3.63, 3.8) is 0 Å². The molecular formula is C10H10BrNO. The first-order valence-corrected chi connectivity index (χ1v) is 4.71. The zero-order chi connectivity index (χ0) is 9.68. The van der Waals surface area contributed by atoms with Crippen LogP contribution in [0, 0.1) is 11.8 Å². The molecule has 0 aliphatic heterocycles. The molecule has 0 amide bonds. The topological polar surface area (TPSA) is 46.2 Å². The lowest BCUT2D eigenvalue weighted by molar-refractivity contribution is 0.472. The quantitative estimate of drug-likeness (QED) is 0.736. The molecule has 0 aliphatic rings. The molecule has 3 N–H and O–H groups in total. The molecule has 68 valence electrons. The number of hydrogen-bond acceptors (Lipinski definition) is 2. The summed E-state index contributed by atoms with van der Waals surface area (Å²) in [5.41, 5.74) is 6.17. The molecule has 0 atom stereocenters. The molecule has 0 bridgehead atoms. The van der Waals surface area contributed by atoms with E-state index < -0.39 is 0 Å². The van der Waals surface area contributed by atoms with Crippen molar-refractivity contribution in [3.05, 3.63) is 28.2 Å². The van der Waals surface area contributed by atoms with E-state index in [0.29, 0.717) is 17.4 Å². The Kier molecular flexibility index (Phi) is 3.81. The van der Waals surface area contributed by atoms with E-state index in [2.05, 4.69) is 27.8 Å². The van der Waals surface area contributed by atoms with Crippen LogP contribution in [0.2, 0.25) is 0 Å². The molecular weight excluding hydrogens is 230 g/mol. The van der Waals surface area contributed by atoms with Crippen LogP contribution in [0.5, 0.6) is 5.75 Å². The van der Waals surface area contributed by atoms with Gasteiger partial charge in [0, 0.05) is 18.5 Å². The van der Waals surface area contributed by atoms with Gasteiger partial charge in [-0.1, -0.05) is 11.8 Å². The SMILES string of the molecule is NCCC#Cc1ccc(O)c(Br)c1. The highest BCUT2D eigenvalue weighted by Gasteiger charge is 1.95. The summed E-state index contributed by atoms with van der Waals surface area (Å²) in [7, 11) is 0. The fraction of sp³-hybridized carbons (Fsp3) is 0.200. The zero-order valence-electron chi connectivity index (χ0n) is 7.05. The van der Waals surface area contributed by atoms with Gasteiger partial charge in [-0.25, -0.2) is 0 Å². The molecule has 1 aromatic rings. The van der Waals surface area contributed by atoms with Gasteiger partial charge in [-0.05, 0) is 34.1 Å². The predicted molar refractivity (Wildman–Crippen MR) is 56.4 cm³/mol. The Labute approximate surface area is 85.9 Å². The summed E-state index contributed by atoms with van der Waals surface area (Å²) in [5, 5.41) is 9.20. The number of benzene rings is 1. The van der Waals surface area contributed by atoms with Crippen LogP contribution in [0.15, 0.2) is 22.7 Å². The van der Waals surface area contributed by atoms with E-state index in [4.69, 9.17) is 5.73 Å². The molecule has 0 fully saturated rings. The lowest BCUT2D eigenvalue weighted by Gasteiger charge is -1.95. The molecule has 0 aliphatic carbocycles. The van der Waals surface area contributed by atoms with E-state index in [-0.39, 0.29) is 5.75 Å². The van der Waals surface area contributed by atoms with Crippen molar-refractivity contribution in [1.29, 1.82) is 0 Å². The first kappa shape index (κ1) is 10.1. The smallest absolute Gasteiger partial charge is 0.129 e. The van der Waals surface area contributed by atoms with Gasteiger partial charge in [-0.2, -0.15) is 0 Å². The fourth-order valence-electron chi connectivity index (χ4n) is 0.821. The van der Waals surface area contributed by atoms with E-state index in [1.165, 1.54) is 0 Å². The van der Waals surface area contributed by atoms with Crippen molar-refractivity contribution in [3.8, 4) is 17.6 Å². The van der Waals surface area contributed by atoms with Crippen LogP contribution in [0.4, 0.5) is 0 Å². The molecule has 3 heteroatoms. The third-order valence-electron chi connectivity index (χ3n) is 1.45. The lowest BCUT2D eigenvalue weighted by Crippen LogP contribution is -1.95. The fourth-order valence-corrected chi connectivity index (χ4v) is 1.20. The standard InChI is InChI=1S/C10H10BrNO/c11-9-7-8(3-1-2-6-12)4-5-10(9)13/h4-5,7,13H,2,6,12H2. The van der Waals surface area contributed by atoms with E-state index in [0.717, 1.165) is 5.56 Å². The third-order valence-corrected chi connectivity index (χ3v) is 2.08. The minimum atomic E-state index is 0.226. The number of nitrogens with two attached hydrogens (primary N) is 1. The highest BCUT2D eigenvalue weighted by Crippen LogP contribution is 2.23. The Morgan fingerprint density at radius 3 is 2.85 bits per heavy atom. The van der Waals surface area contributed by atoms with Crippen molar-refractivity contribution in [2.75, 3.05) is 6.54 Å². The van der Waals surface area contributed by atoms with Gasteiger partial charge < -0.3 is 10.8 Å². The Hall–Kier alpha value is -0.980. The van der Waals surface area contributed by atoms with Gasteiger partial charge in [-0.3, -0.25) is 0 Å². The summed E-state index contributed by atoms with van der Waals surface area (Å²) in [6.07, 6.45) is 0.693. The predicted octanol–water partition coefficient (Wildman–Crippen LogP) is 1.86. The van der Waals surface area contributed by atoms with Gasteiger partial charge >= 0.3 is 0 Å². The van der Waals surface area contributed by atoms with Gasteiger partial charge in [0.15, 0.2) is 0 Å². The highest BCUT2D eigenvalue weighted by molar-refractivity contribution is 9.10. The zero-order valence-corrected chi connectivity index (χ0v) is 8.63. The molecule has 0 aromatic heterocycles. The number of phenolic OH excluding ortho intramolecular Hbond substituents is 1. The van der Waals surface area contributed by atoms with E-state index >= 15 is 0 Å². The number of phenols is 1. The average Bonchev–Trinajstić information content (AvgIpc) is 2.12. The van der Waals surface area contributed by atoms with Crippen molar-refractivity contribution < 1.29 is 5.11 Å². The molecule has 0 heterocycles. The second kappa shape index (κ2) is 4.90. The summed E-state index contributed by atoms with van der Waals surface area (Å²) in [4.78, 5) is 0. The van der Waals surface area contributed by atoms with Crippen LogP contribution in [-0.4, -0.2) is 11.7 Å². The second-order valence-corrected chi connectivity index (χ2v) is 3.36. The Balaban J connectivity index is 2.81. The number of hydrogen-bond donors (Lipinski definition) is 2. The summed E-state index contributed by atoms with van der Waals surface area (Å²) in [6.45, 7) is 0.576. The number of rotatable bonds is 1. The van der Waals surface area contributed by atoms with Crippen molar-refractivity contribution in [2.45, 2.75) is 6.42 Å². The average molecular weight is 240 g/mol. The molecule has 2 nitrogen and oxygen atoms in total. The summed E-state index contributed by atoms with van der Waals surface area (Å²) in [5.74, 6) is 6.09. The van der Waals surface area contributed by atoms with Crippen molar-refractivity contribution in [2.24, 2.45) is 5.73 Å². The molecule has 1 aromatic carbocycles. The largest absolute Gasteiger partial charge is 0.507 e. The maximum absolute atomic E-state index is 9.20. The molecule has 0 saturated heterocycles. The molecule has 0 radical (unpaired) electrons. The van der Waals surface area contributed by atoms with Crippen LogP contribution >= 0.6 is 15.9 Å².